The van der Waals surface area contributed by atoms with E-state index in [1.165, 1.54) is 22.3 Å². The van der Waals surface area contributed by atoms with E-state index >= 15 is 0 Å². The third-order valence-corrected chi connectivity index (χ3v) is 5.47. The average Bonchev–Trinajstić information content (AvgIpc) is 2.87. The van der Waals surface area contributed by atoms with Crippen molar-refractivity contribution in [1.29, 1.82) is 0 Å². The molecule has 0 spiro atoms. The Kier molecular flexibility index (Phi) is 5.67. The molecule has 0 aliphatic rings. The lowest BCUT2D eigenvalue weighted by atomic mass is 10.1. The maximum absolute atomic E-state index is 3.55. The second kappa shape index (κ2) is 9.23. The Hall–Kier alpha value is -4.30. The molecule has 0 heterocycles. The summed E-state index contributed by atoms with van der Waals surface area (Å²) < 4.78 is 0. The summed E-state index contributed by atoms with van der Waals surface area (Å²) >= 11 is 0. The number of nitrogens with one attached hydrogen (secondary N) is 2. The van der Waals surface area contributed by atoms with Crippen LogP contribution in [-0.4, -0.2) is 0 Å². The van der Waals surface area contributed by atoms with Gasteiger partial charge in [0.25, 0.3) is 0 Å². The van der Waals surface area contributed by atoms with Crippen LogP contribution < -0.4 is 10.6 Å². The Morgan fingerprint density at radius 3 is 0.969 bits per heavy atom. The molecule has 2 nitrogen and oxygen atoms in total. The summed E-state index contributed by atoms with van der Waals surface area (Å²) in [6, 6.07) is 46.2. The second-order valence-electron chi connectivity index (χ2n) is 7.68. The highest BCUT2D eigenvalue weighted by Gasteiger charge is 2.05. The van der Waals surface area contributed by atoms with Crippen LogP contribution >= 0.6 is 0 Å². The highest BCUT2D eigenvalue weighted by Crippen LogP contribution is 2.30. The molecule has 5 rings (SSSR count). The summed E-state index contributed by atoms with van der Waals surface area (Å²) in [7, 11) is 0. The van der Waals surface area contributed by atoms with Crippen molar-refractivity contribution in [1.82, 2.24) is 0 Å². The van der Waals surface area contributed by atoms with Crippen LogP contribution in [-0.2, 0) is 0 Å². The Balaban J connectivity index is 1.32. The van der Waals surface area contributed by atoms with Crippen LogP contribution in [0.15, 0.2) is 133 Å². The standard InChI is InChI=1S/C30H24N2/c1-3-9-23(10-4-1)25-15-19-27(20-16-25)31-29-13-7-8-14-30(29)32-28-21-17-26(18-22-28)24-11-5-2-6-12-24/h1-22,31-32H. The first-order valence-electron chi connectivity index (χ1n) is 10.8. The van der Waals surface area contributed by atoms with Gasteiger partial charge in [0, 0.05) is 11.4 Å². The summed E-state index contributed by atoms with van der Waals surface area (Å²) in [5.74, 6) is 0. The predicted molar refractivity (Wildman–Crippen MR) is 137 cm³/mol. The van der Waals surface area contributed by atoms with Gasteiger partial charge in [-0.15, -0.1) is 0 Å². The molecule has 0 fully saturated rings. The van der Waals surface area contributed by atoms with Crippen molar-refractivity contribution < 1.29 is 0 Å². The normalized spacial score (nSPS) is 10.5. The Morgan fingerprint density at radius 2 is 0.594 bits per heavy atom. The minimum atomic E-state index is 1.03. The number of rotatable bonds is 6. The zero-order chi connectivity index (χ0) is 21.6. The second-order valence-corrected chi connectivity index (χ2v) is 7.68. The molecule has 2 heteroatoms. The molecule has 32 heavy (non-hydrogen) atoms. The fourth-order valence-corrected chi connectivity index (χ4v) is 3.77. The summed E-state index contributed by atoms with van der Waals surface area (Å²) in [5.41, 5.74) is 9.04. The van der Waals surface area contributed by atoms with Gasteiger partial charge in [-0.3, -0.25) is 0 Å². The molecule has 0 unspecified atom stereocenters. The lowest BCUT2D eigenvalue weighted by Gasteiger charge is -2.15. The Bertz CT molecular complexity index is 1170. The van der Waals surface area contributed by atoms with Gasteiger partial charge in [0.15, 0.2) is 0 Å². The van der Waals surface area contributed by atoms with Gasteiger partial charge >= 0.3 is 0 Å². The molecule has 0 saturated heterocycles. The molecule has 2 N–H and O–H groups in total. The molecular weight excluding hydrogens is 388 g/mol. The van der Waals surface area contributed by atoms with Crippen molar-refractivity contribution in [2.75, 3.05) is 10.6 Å². The Labute approximate surface area is 189 Å². The van der Waals surface area contributed by atoms with Crippen LogP contribution in [0.5, 0.6) is 0 Å². The largest absolute Gasteiger partial charge is 0.354 e. The monoisotopic (exact) mass is 412 g/mol. The van der Waals surface area contributed by atoms with E-state index in [9.17, 15) is 0 Å². The topological polar surface area (TPSA) is 24.1 Å². The first-order chi connectivity index (χ1) is 15.8. The summed E-state index contributed by atoms with van der Waals surface area (Å²) in [6.07, 6.45) is 0. The number of hydrogen-bond donors (Lipinski definition) is 2. The summed E-state index contributed by atoms with van der Waals surface area (Å²) in [5, 5.41) is 7.09. The maximum Gasteiger partial charge on any atom is 0.0623 e. The van der Waals surface area contributed by atoms with Crippen LogP contribution in [0.25, 0.3) is 22.3 Å². The molecule has 5 aromatic rings. The quantitative estimate of drug-likeness (QED) is 0.292. The molecule has 0 amide bonds. The zero-order valence-electron chi connectivity index (χ0n) is 17.7. The smallest absolute Gasteiger partial charge is 0.0623 e. The fraction of sp³-hybridized carbons (Fsp3) is 0. The van der Waals surface area contributed by atoms with Gasteiger partial charge in [0.05, 0.1) is 11.4 Å². The number of hydrogen-bond acceptors (Lipinski definition) is 2. The maximum atomic E-state index is 3.55. The van der Waals surface area contributed by atoms with Gasteiger partial charge in [0.1, 0.15) is 0 Å². The van der Waals surface area contributed by atoms with Crippen molar-refractivity contribution >= 4 is 22.7 Å². The van der Waals surface area contributed by atoms with Gasteiger partial charge in [-0.25, -0.2) is 0 Å². The van der Waals surface area contributed by atoms with E-state index in [1.807, 2.05) is 24.3 Å². The van der Waals surface area contributed by atoms with E-state index < -0.39 is 0 Å². The molecule has 0 aromatic heterocycles. The van der Waals surface area contributed by atoms with E-state index in [0.29, 0.717) is 0 Å². The first-order valence-corrected chi connectivity index (χ1v) is 10.8. The highest BCUT2D eigenvalue weighted by atomic mass is 15.0. The molecule has 0 saturated carbocycles. The molecule has 0 aliphatic carbocycles. The van der Waals surface area contributed by atoms with Crippen molar-refractivity contribution in [2.45, 2.75) is 0 Å². The van der Waals surface area contributed by atoms with Crippen LogP contribution in [0.1, 0.15) is 0 Å². The van der Waals surface area contributed by atoms with Crippen molar-refractivity contribution in [3.8, 4) is 22.3 Å². The predicted octanol–water partition coefficient (Wildman–Crippen LogP) is 8.51. The van der Waals surface area contributed by atoms with Crippen molar-refractivity contribution in [3.63, 3.8) is 0 Å². The van der Waals surface area contributed by atoms with Crippen molar-refractivity contribution in [3.05, 3.63) is 133 Å². The molecule has 0 bridgehead atoms. The molecule has 0 aliphatic heterocycles. The van der Waals surface area contributed by atoms with E-state index in [-0.39, 0.29) is 0 Å². The molecular formula is C30H24N2. The minimum absolute atomic E-state index is 1.03. The van der Waals surface area contributed by atoms with Crippen molar-refractivity contribution in [2.24, 2.45) is 0 Å². The Morgan fingerprint density at radius 1 is 0.281 bits per heavy atom. The third kappa shape index (κ3) is 4.55. The van der Waals surface area contributed by atoms with Crippen LogP contribution in [0.2, 0.25) is 0 Å². The summed E-state index contributed by atoms with van der Waals surface area (Å²) in [6.45, 7) is 0. The summed E-state index contributed by atoms with van der Waals surface area (Å²) in [4.78, 5) is 0. The molecule has 5 aromatic carbocycles. The first kappa shape index (κ1) is 19.7. The van der Waals surface area contributed by atoms with Gasteiger partial charge < -0.3 is 10.6 Å². The highest BCUT2D eigenvalue weighted by molar-refractivity contribution is 5.79. The van der Waals surface area contributed by atoms with Gasteiger partial charge in [-0.05, 0) is 58.7 Å². The van der Waals surface area contributed by atoms with E-state index in [1.54, 1.807) is 0 Å². The minimum Gasteiger partial charge on any atom is -0.354 e. The lowest BCUT2D eigenvalue weighted by Crippen LogP contribution is -1.97. The number of benzene rings is 5. The SMILES string of the molecule is c1ccc(-c2ccc(Nc3ccccc3Nc3ccc(-c4ccccc4)cc3)cc2)cc1. The fourth-order valence-electron chi connectivity index (χ4n) is 3.77. The van der Waals surface area contributed by atoms with Crippen LogP contribution in [0.3, 0.4) is 0 Å². The van der Waals surface area contributed by atoms with Gasteiger partial charge in [0.2, 0.25) is 0 Å². The molecule has 0 atom stereocenters. The van der Waals surface area contributed by atoms with Crippen LogP contribution in [0.4, 0.5) is 22.7 Å². The molecule has 154 valence electrons. The van der Waals surface area contributed by atoms with Gasteiger partial charge in [-0.1, -0.05) is 97.1 Å². The zero-order valence-corrected chi connectivity index (χ0v) is 17.7. The molecule has 0 radical (unpaired) electrons. The van der Waals surface area contributed by atoms with E-state index in [0.717, 1.165) is 22.7 Å². The van der Waals surface area contributed by atoms with E-state index in [4.69, 9.17) is 0 Å². The third-order valence-electron chi connectivity index (χ3n) is 5.47. The van der Waals surface area contributed by atoms with Crippen LogP contribution in [0, 0.1) is 0 Å². The average molecular weight is 413 g/mol. The lowest BCUT2D eigenvalue weighted by molar-refractivity contribution is 1.50. The number of para-hydroxylation sites is 2. The van der Waals surface area contributed by atoms with E-state index in [2.05, 4.69) is 120 Å². The number of anilines is 4. The van der Waals surface area contributed by atoms with Gasteiger partial charge in [-0.2, -0.15) is 0 Å².